The maximum absolute atomic E-state index is 12.2. The highest BCUT2D eigenvalue weighted by molar-refractivity contribution is 7.89. The Kier molecular flexibility index (Phi) is 7.22. The number of rotatable bonds is 8. The summed E-state index contributed by atoms with van der Waals surface area (Å²) in [6.07, 6.45) is 1.45. The first kappa shape index (κ1) is 17.7. The topological polar surface area (TPSA) is 81.4 Å². The second kappa shape index (κ2) is 8.17. The lowest BCUT2D eigenvalue weighted by atomic mass is 10.2. The Labute approximate surface area is 129 Å². The standard InChI is InChI=1S/C12H18Cl2N2O3S/c1-19-5-3-2-4-16-20(17,18)11-7-10(13)6-9(8-15)12(11)14/h6-7,16H,2-5,8,15H2,1H3. The Bertz CT molecular complexity index is 550. The van der Waals surface area contributed by atoms with E-state index in [1.165, 1.54) is 6.07 Å². The van der Waals surface area contributed by atoms with Gasteiger partial charge >= 0.3 is 0 Å². The molecule has 0 saturated carbocycles. The van der Waals surface area contributed by atoms with Crippen LogP contribution in [0.25, 0.3) is 0 Å². The Hall–Kier alpha value is -0.370. The second-order valence-electron chi connectivity index (χ2n) is 4.18. The van der Waals surface area contributed by atoms with Gasteiger partial charge in [-0.3, -0.25) is 0 Å². The minimum Gasteiger partial charge on any atom is -0.385 e. The fourth-order valence-corrected chi connectivity index (χ4v) is 3.63. The SMILES string of the molecule is COCCCCNS(=O)(=O)c1cc(Cl)cc(CN)c1Cl. The first-order valence-corrected chi connectivity index (χ1v) is 8.33. The van der Waals surface area contributed by atoms with Crippen molar-refractivity contribution in [1.82, 2.24) is 4.72 Å². The molecule has 0 aliphatic rings. The van der Waals surface area contributed by atoms with Crippen LogP contribution in [0.4, 0.5) is 0 Å². The van der Waals surface area contributed by atoms with Crippen LogP contribution in [0.1, 0.15) is 18.4 Å². The predicted molar refractivity (Wildman–Crippen MR) is 80.7 cm³/mol. The van der Waals surface area contributed by atoms with Crippen LogP contribution >= 0.6 is 23.2 Å². The number of unbranched alkanes of at least 4 members (excludes halogenated alkanes) is 1. The number of methoxy groups -OCH3 is 1. The van der Waals surface area contributed by atoms with Gasteiger partial charge in [0.05, 0.1) is 5.02 Å². The molecular formula is C12H18Cl2N2O3S. The molecule has 0 aliphatic carbocycles. The van der Waals surface area contributed by atoms with Gasteiger partial charge in [-0.05, 0) is 30.5 Å². The number of nitrogens with two attached hydrogens (primary N) is 1. The summed E-state index contributed by atoms with van der Waals surface area (Å²) in [5.74, 6) is 0. The normalized spacial score (nSPS) is 11.8. The summed E-state index contributed by atoms with van der Waals surface area (Å²) in [6, 6.07) is 2.88. The molecule has 0 bridgehead atoms. The molecule has 0 saturated heterocycles. The largest absolute Gasteiger partial charge is 0.385 e. The maximum Gasteiger partial charge on any atom is 0.242 e. The molecule has 20 heavy (non-hydrogen) atoms. The van der Waals surface area contributed by atoms with E-state index in [-0.39, 0.29) is 21.5 Å². The Morgan fingerprint density at radius 3 is 2.60 bits per heavy atom. The van der Waals surface area contributed by atoms with Crippen LogP contribution in [0.3, 0.4) is 0 Å². The number of nitrogens with one attached hydrogen (secondary N) is 1. The first-order valence-electron chi connectivity index (χ1n) is 6.09. The number of hydrogen-bond donors (Lipinski definition) is 2. The lowest BCUT2D eigenvalue weighted by Crippen LogP contribution is -2.25. The molecule has 0 aromatic heterocycles. The number of ether oxygens (including phenoxy) is 1. The average Bonchev–Trinajstić information content (AvgIpc) is 2.40. The van der Waals surface area contributed by atoms with Crippen molar-refractivity contribution in [2.45, 2.75) is 24.3 Å². The fraction of sp³-hybridized carbons (Fsp3) is 0.500. The second-order valence-corrected chi connectivity index (χ2v) is 6.73. The lowest BCUT2D eigenvalue weighted by molar-refractivity contribution is 0.193. The highest BCUT2D eigenvalue weighted by Gasteiger charge is 2.20. The number of benzene rings is 1. The highest BCUT2D eigenvalue weighted by atomic mass is 35.5. The number of hydrogen-bond acceptors (Lipinski definition) is 4. The van der Waals surface area contributed by atoms with Gasteiger partial charge in [0.1, 0.15) is 4.90 Å². The van der Waals surface area contributed by atoms with Gasteiger partial charge in [0.15, 0.2) is 0 Å². The van der Waals surface area contributed by atoms with Gasteiger partial charge in [-0.1, -0.05) is 23.2 Å². The molecule has 1 aromatic carbocycles. The van der Waals surface area contributed by atoms with Gasteiger partial charge in [0.2, 0.25) is 10.0 Å². The summed E-state index contributed by atoms with van der Waals surface area (Å²) in [5, 5.41) is 0.399. The Morgan fingerprint density at radius 2 is 2.00 bits per heavy atom. The van der Waals surface area contributed by atoms with Crippen LogP contribution < -0.4 is 10.5 Å². The van der Waals surface area contributed by atoms with Gasteiger partial charge in [0.25, 0.3) is 0 Å². The minimum absolute atomic E-state index is 0.0427. The van der Waals surface area contributed by atoms with Crippen LogP contribution in [-0.4, -0.2) is 28.7 Å². The lowest BCUT2D eigenvalue weighted by Gasteiger charge is -2.11. The van der Waals surface area contributed by atoms with E-state index in [9.17, 15) is 8.42 Å². The van der Waals surface area contributed by atoms with E-state index in [2.05, 4.69) is 4.72 Å². The zero-order chi connectivity index (χ0) is 15.2. The van der Waals surface area contributed by atoms with Crippen LogP contribution in [0.15, 0.2) is 17.0 Å². The van der Waals surface area contributed by atoms with Crippen molar-refractivity contribution < 1.29 is 13.2 Å². The number of sulfonamides is 1. The monoisotopic (exact) mass is 340 g/mol. The van der Waals surface area contributed by atoms with Crippen LogP contribution in [0.2, 0.25) is 10.0 Å². The molecule has 0 heterocycles. The van der Waals surface area contributed by atoms with Gasteiger partial charge in [-0.25, -0.2) is 13.1 Å². The van der Waals surface area contributed by atoms with Crippen LogP contribution in [0, 0.1) is 0 Å². The van der Waals surface area contributed by atoms with Crippen molar-refractivity contribution in [3.63, 3.8) is 0 Å². The smallest absolute Gasteiger partial charge is 0.242 e. The van der Waals surface area contributed by atoms with Crippen molar-refractivity contribution in [2.75, 3.05) is 20.3 Å². The molecule has 8 heteroatoms. The third-order valence-corrected chi connectivity index (χ3v) is 4.92. The molecule has 1 aromatic rings. The predicted octanol–water partition coefficient (Wildman–Crippen LogP) is 2.16. The molecule has 3 N–H and O–H groups in total. The van der Waals surface area contributed by atoms with E-state index in [0.717, 1.165) is 6.42 Å². The summed E-state index contributed by atoms with van der Waals surface area (Å²) in [4.78, 5) is -0.0427. The third-order valence-electron chi connectivity index (χ3n) is 2.66. The van der Waals surface area contributed by atoms with Crippen molar-refractivity contribution >= 4 is 33.2 Å². The molecule has 0 fully saturated rings. The first-order chi connectivity index (χ1) is 9.42. The van der Waals surface area contributed by atoms with Gasteiger partial charge in [-0.15, -0.1) is 0 Å². The van der Waals surface area contributed by atoms with E-state index < -0.39 is 10.0 Å². The van der Waals surface area contributed by atoms with E-state index in [1.54, 1.807) is 13.2 Å². The quantitative estimate of drug-likeness (QED) is 0.710. The summed E-state index contributed by atoms with van der Waals surface area (Å²) in [6.45, 7) is 1.03. The molecule has 0 spiro atoms. The molecule has 1 rings (SSSR count). The molecule has 0 atom stereocenters. The zero-order valence-corrected chi connectivity index (χ0v) is 13.5. The Balaban J connectivity index is 2.84. The third kappa shape index (κ3) is 4.87. The summed E-state index contributed by atoms with van der Waals surface area (Å²) in [5.41, 5.74) is 6.01. The summed E-state index contributed by atoms with van der Waals surface area (Å²) >= 11 is 11.9. The molecule has 0 aliphatic heterocycles. The van der Waals surface area contributed by atoms with Crippen molar-refractivity contribution in [3.05, 3.63) is 27.7 Å². The van der Waals surface area contributed by atoms with E-state index >= 15 is 0 Å². The van der Waals surface area contributed by atoms with Gasteiger partial charge in [-0.2, -0.15) is 0 Å². The average molecular weight is 341 g/mol. The van der Waals surface area contributed by atoms with Crippen molar-refractivity contribution in [2.24, 2.45) is 5.73 Å². The van der Waals surface area contributed by atoms with Gasteiger partial charge < -0.3 is 10.5 Å². The van der Waals surface area contributed by atoms with E-state index in [4.69, 9.17) is 33.7 Å². The Morgan fingerprint density at radius 1 is 1.30 bits per heavy atom. The van der Waals surface area contributed by atoms with Crippen LogP contribution in [-0.2, 0) is 21.3 Å². The maximum atomic E-state index is 12.2. The van der Waals surface area contributed by atoms with E-state index in [1.807, 2.05) is 0 Å². The summed E-state index contributed by atoms with van der Waals surface area (Å²) in [7, 11) is -2.09. The summed E-state index contributed by atoms with van der Waals surface area (Å²) < 4.78 is 31.7. The van der Waals surface area contributed by atoms with Crippen molar-refractivity contribution in [1.29, 1.82) is 0 Å². The van der Waals surface area contributed by atoms with E-state index in [0.29, 0.717) is 25.1 Å². The molecular weight excluding hydrogens is 323 g/mol. The molecule has 114 valence electrons. The minimum atomic E-state index is -3.70. The fourth-order valence-electron chi connectivity index (χ4n) is 1.62. The molecule has 0 amide bonds. The zero-order valence-electron chi connectivity index (χ0n) is 11.2. The molecule has 5 nitrogen and oxygen atoms in total. The van der Waals surface area contributed by atoms with Crippen LogP contribution in [0.5, 0.6) is 0 Å². The molecule has 0 radical (unpaired) electrons. The number of halogens is 2. The molecule has 0 unspecified atom stereocenters. The van der Waals surface area contributed by atoms with Gasteiger partial charge in [0, 0.05) is 31.8 Å². The highest BCUT2D eigenvalue weighted by Crippen LogP contribution is 2.29. The van der Waals surface area contributed by atoms with Crippen molar-refractivity contribution in [3.8, 4) is 0 Å².